The molecule has 3 N–H and O–H groups in total. The van der Waals surface area contributed by atoms with E-state index in [-0.39, 0.29) is 11.3 Å². The normalized spacial score (nSPS) is 26.1. The van der Waals surface area contributed by atoms with Crippen molar-refractivity contribution in [2.24, 2.45) is 11.3 Å². The molecule has 3 rings (SSSR count). The van der Waals surface area contributed by atoms with Crippen LogP contribution in [0.3, 0.4) is 0 Å². The summed E-state index contributed by atoms with van der Waals surface area (Å²) in [6.45, 7) is 7.03. The average molecular weight is 452 g/mol. The van der Waals surface area contributed by atoms with Crippen molar-refractivity contribution in [3.8, 4) is 0 Å². The van der Waals surface area contributed by atoms with Gasteiger partial charge in [-0.05, 0) is 68.7 Å². The Bertz CT molecular complexity index is 690. The van der Waals surface area contributed by atoms with Crippen molar-refractivity contribution in [1.29, 1.82) is 0 Å². The second kappa shape index (κ2) is 9.14. The number of nitrogens with one attached hydrogen (secondary N) is 1. The number of nitrogen functional groups attached to an aromatic ring is 1. The number of nitrogens with two attached hydrogens (primary N) is 1. The predicted octanol–water partition coefficient (Wildman–Crippen LogP) is 4.07. The molecule has 1 aliphatic heterocycles. The largest absolute Gasteiger partial charge is 0.398 e. The van der Waals surface area contributed by atoms with Gasteiger partial charge in [0.15, 0.2) is 0 Å². The standard InChI is InChI=1S/C22H34BrN3O2/c1-15(2)22(14-25-21(27)19-12-16(23)4-5-20(19)24)9-6-18(13-22)26(3)17-7-10-28-11-8-17/h4-5,12,15,17-18H,6-11,13-14,24H2,1-3H3,(H,25,27)/t18-,22-/m1/s1. The minimum atomic E-state index is -0.0833. The number of nitrogens with zero attached hydrogens (tertiary/aromatic N) is 1. The first kappa shape index (κ1) is 21.6. The van der Waals surface area contributed by atoms with Gasteiger partial charge < -0.3 is 20.7 Å². The van der Waals surface area contributed by atoms with E-state index in [1.807, 2.05) is 6.07 Å². The number of carbonyl (C=O) groups is 1. The first-order valence-electron chi connectivity index (χ1n) is 10.5. The summed E-state index contributed by atoms with van der Waals surface area (Å²) in [6, 6.07) is 6.63. The first-order chi connectivity index (χ1) is 13.3. The molecule has 2 fully saturated rings. The van der Waals surface area contributed by atoms with Crippen LogP contribution >= 0.6 is 15.9 Å². The highest BCUT2D eigenvalue weighted by atomic mass is 79.9. The van der Waals surface area contributed by atoms with E-state index < -0.39 is 0 Å². The van der Waals surface area contributed by atoms with Crippen LogP contribution in [0.2, 0.25) is 0 Å². The molecule has 156 valence electrons. The molecule has 1 saturated heterocycles. The zero-order valence-electron chi connectivity index (χ0n) is 17.3. The fourth-order valence-corrected chi connectivity index (χ4v) is 5.19. The van der Waals surface area contributed by atoms with E-state index in [2.05, 4.69) is 47.0 Å². The fourth-order valence-electron chi connectivity index (χ4n) is 4.83. The lowest BCUT2D eigenvalue weighted by Crippen LogP contribution is -2.44. The molecule has 1 heterocycles. The highest BCUT2D eigenvalue weighted by molar-refractivity contribution is 9.10. The maximum Gasteiger partial charge on any atom is 0.253 e. The van der Waals surface area contributed by atoms with Crippen molar-refractivity contribution < 1.29 is 9.53 Å². The minimum Gasteiger partial charge on any atom is -0.398 e. The van der Waals surface area contributed by atoms with Gasteiger partial charge in [-0.15, -0.1) is 0 Å². The third-order valence-corrected chi connectivity index (χ3v) is 7.54. The summed E-state index contributed by atoms with van der Waals surface area (Å²) >= 11 is 3.43. The van der Waals surface area contributed by atoms with Crippen LogP contribution in [0.25, 0.3) is 0 Å². The van der Waals surface area contributed by atoms with E-state index in [9.17, 15) is 4.79 Å². The summed E-state index contributed by atoms with van der Waals surface area (Å²) in [4.78, 5) is 15.3. The van der Waals surface area contributed by atoms with Crippen molar-refractivity contribution in [2.75, 3.05) is 32.5 Å². The van der Waals surface area contributed by atoms with E-state index in [4.69, 9.17) is 10.5 Å². The van der Waals surface area contributed by atoms with Gasteiger partial charge in [0.2, 0.25) is 0 Å². The van der Waals surface area contributed by atoms with Crippen molar-refractivity contribution in [2.45, 2.75) is 58.0 Å². The molecule has 0 spiro atoms. The third kappa shape index (κ3) is 4.71. The van der Waals surface area contributed by atoms with Gasteiger partial charge >= 0.3 is 0 Å². The van der Waals surface area contributed by atoms with E-state index in [1.165, 1.54) is 6.42 Å². The highest BCUT2D eigenvalue weighted by Crippen LogP contribution is 2.46. The average Bonchev–Trinajstić information content (AvgIpc) is 3.14. The minimum absolute atomic E-state index is 0.0833. The van der Waals surface area contributed by atoms with Gasteiger partial charge in [-0.1, -0.05) is 29.8 Å². The summed E-state index contributed by atoms with van der Waals surface area (Å²) in [7, 11) is 2.28. The van der Waals surface area contributed by atoms with Gasteiger partial charge in [0, 0.05) is 42.0 Å². The number of anilines is 1. The molecule has 0 bridgehead atoms. The van der Waals surface area contributed by atoms with Crippen LogP contribution in [0, 0.1) is 11.3 Å². The van der Waals surface area contributed by atoms with Gasteiger partial charge in [-0.25, -0.2) is 0 Å². The Kier molecular flexibility index (Phi) is 7.05. The van der Waals surface area contributed by atoms with Crippen LogP contribution in [0.4, 0.5) is 5.69 Å². The molecule has 5 nitrogen and oxygen atoms in total. The SMILES string of the molecule is CC(C)[C@]1(CNC(=O)c2cc(Br)ccc2N)CC[C@@H](N(C)C2CCOCC2)C1. The molecule has 0 unspecified atom stereocenters. The number of amides is 1. The number of ether oxygens (including phenoxy) is 1. The maximum absolute atomic E-state index is 12.8. The summed E-state index contributed by atoms with van der Waals surface area (Å²) in [5.41, 5.74) is 7.21. The third-order valence-electron chi connectivity index (χ3n) is 7.05. The molecule has 1 amide bonds. The molecular formula is C22H34BrN3O2. The summed E-state index contributed by atoms with van der Waals surface area (Å²) in [6.07, 6.45) is 5.73. The zero-order valence-corrected chi connectivity index (χ0v) is 18.9. The number of hydrogen-bond donors (Lipinski definition) is 2. The molecule has 2 atom stereocenters. The van der Waals surface area contributed by atoms with Crippen molar-refractivity contribution in [1.82, 2.24) is 10.2 Å². The second-order valence-corrected chi connectivity index (χ2v) is 9.75. The maximum atomic E-state index is 12.8. The predicted molar refractivity (Wildman–Crippen MR) is 117 cm³/mol. The van der Waals surface area contributed by atoms with Gasteiger partial charge in [0.1, 0.15) is 0 Å². The van der Waals surface area contributed by atoms with Gasteiger partial charge in [0.05, 0.1) is 5.56 Å². The van der Waals surface area contributed by atoms with Crippen molar-refractivity contribution >= 4 is 27.5 Å². The summed E-state index contributed by atoms with van der Waals surface area (Å²) in [5.74, 6) is 0.431. The number of rotatable bonds is 6. The zero-order chi connectivity index (χ0) is 20.3. The van der Waals surface area contributed by atoms with Crippen LogP contribution in [0.15, 0.2) is 22.7 Å². The Morgan fingerprint density at radius 3 is 2.71 bits per heavy atom. The summed E-state index contributed by atoms with van der Waals surface area (Å²) in [5, 5.41) is 3.19. The molecule has 6 heteroatoms. The van der Waals surface area contributed by atoms with Gasteiger partial charge in [-0.2, -0.15) is 0 Å². The Morgan fingerprint density at radius 1 is 1.32 bits per heavy atom. The Morgan fingerprint density at radius 2 is 2.04 bits per heavy atom. The molecule has 0 radical (unpaired) electrons. The quantitative estimate of drug-likeness (QED) is 0.639. The lowest BCUT2D eigenvalue weighted by atomic mass is 9.75. The molecule has 2 aliphatic rings. The highest BCUT2D eigenvalue weighted by Gasteiger charge is 2.44. The second-order valence-electron chi connectivity index (χ2n) is 8.84. The van der Waals surface area contributed by atoms with Crippen molar-refractivity contribution in [3.05, 3.63) is 28.2 Å². The number of benzene rings is 1. The topological polar surface area (TPSA) is 67.6 Å². The molecule has 1 aromatic carbocycles. The Balaban J connectivity index is 1.64. The van der Waals surface area contributed by atoms with Crippen LogP contribution in [0.5, 0.6) is 0 Å². The van der Waals surface area contributed by atoms with E-state index in [1.54, 1.807) is 12.1 Å². The first-order valence-corrected chi connectivity index (χ1v) is 11.2. The Hall–Kier alpha value is -1.11. The smallest absolute Gasteiger partial charge is 0.253 e. The molecule has 0 aromatic heterocycles. The lowest BCUT2D eigenvalue weighted by Gasteiger charge is -2.38. The number of halogens is 1. The van der Waals surface area contributed by atoms with Gasteiger partial charge in [-0.3, -0.25) is 4.79 Å². The molecular weight excluding hydrogens is 418 g/mol. The van der Waals surface area contributed by atoms with Gasteiger partial charge in [0.25, 0.3) is 5.91 Å². The lowest BCUT2D eigenvalue weighted by molar-refractivity contribution is 0.0260. The van der Waals surface area contributed by atoms with Crippen LogP contribution in [-0.4, -0.2) is 49.7 Å². The molecule has 1 saturated carbocycles. The number of hydrogen-bond acceptors (Lipinski definition) is 4. The van der Waals surface area contributed by atoms with Crippen LogP contribution in [0.1, 0.15) is 56.3 Å². The Labute approximate surface area is 177 Å². The monoisotopic (exact) mass is 451 g/mol. The summed E-state index contributed by atoms with van der Waals surface area (Å²) < 4.78 is 6.39. The van der Waals surface area contributed by atoms with Crippen LogP contribution < -0.4 is 11.1 Å². The fraction of sp³-hybridized carbons (Fsp3) is 0.682. The van der Waals surface area contributed by atoms with E-state index >= 15 is 0 Å². The molecule has 1 aliphatic carbocycles. The van der Waals surface area contributed by atoms with E-state index in [0.29, 0.717) is 35.8 Å². The number of carbonyl (C=O) groups excluding carboxylic acids is 1. The molecule has 28 heavy (non-hydrogen) atoms. The van der Waals surface area contributed by atoms with Crippen LogP contribution in [-0.2, 0) is 4.74 Å². The molecule has 1 aromatic rings. The van der Waals surface area contributed by atoms with E-state index in [0.717, 1.165) is 43.4 Å². The van der Waals surface area contributed by atoms with Crippen molar-refractivity contribution in [3.63, 3.8) is 0 Å².